The molecule has 0 fully saturated rings. The summed E-state index contributed by atoms with van der Waals surface area (Å²) >= 11 is 0. The normalized spacial score (nSPS) is 11.4. The van der Waals surface area contributed by atoms with E-state index in [0.29, 0.717) is 30.8 Å². The van der Waals surface area contributed by atoms with Gasteiger partial charge in [-0.3, -0.25) is 0 Å². The Morgan fingerprint density at radius 3 is 2.52 bits per heavy atom. The fourth-order valence-corrected chi connectivity index (χ4v) is 1.98. The lowest BCUT2D eigenvalue weighted by Gasteiger charge is -2.27. The number of hydrogen-bond acceptors (Lipinski definition) is 6. The third kappa shape index (κ3) is 6.73. The molecular weight excluding hydrogens is 266 g/mol. The number of likely N-dealkylation sites (N-methyl/N-ethyl adjacent to an activating group) is 1. The molecule has 0 spiro atoms. The Bertz CT molecular complexity index is 423. The van der Waals surface area contributed by atoms with Crippen LogP contribution in [0.15, 0.2) is 6.07 Å². The number of rotatable bonds is 9. The number of hydrogen-bond donors (Lipinski definition) is 1. The molecule has 6 nitrogen and oxygen atoms in total. The van der Waals surface area contributed by atoms with Gasteiger partial charge in [0, 0.05) is 32.3 Å². The van der Waals surface area contributed by atoms with Gasteiger partial charge in [0.25, 0.3) is 0 Å². The zero-order valence-electron chi connectivity index (χ0n) is 14.0. The second-order valence-corrected chi connectivity index (χ2v) is 5.85. The molecule has 0 aliphatic heterocycles. The van der Waals surface area contributed by atoms with Gasteiger partial charge < -0.3 is 20.3 Å². The molecule has 1 aromatic heterocycles. The second-order valence-electron chi connectivity index (χ2n) is 5.85. The van der Waals surface area contributed by atoms with E-state index in [-0.39, 0.29) is 0 Å². The van der Waals surface area contributed by atoms with Gasteiger partial charge in [-0.2, -0.15) is 0 Å². The van der Waals surface area contributed by atoms with Crippen LogP contribution in [0.3, 0.4) is 0 Å². The van der Waals surface area contributed by atoms with Crippen molar-refractivity contribution in [2.24, 2.45) is 5.92 Å². The van der Waals surface area contributed by atoms with E-state index in [2.05, 4.69) is 47.7 Å². The molecule has 0 bridgehead atoms. The van der Waals surface area contributed by atoms with E-state index in [1.165, 1.54) is 0 Å². The highest BCUT2D eigenvalue weighted by molar-refractivity contribution is 5.47. The smallest absolute Gasteiger partial charge is 0.158 e. The van der Waals surface area contributed by atoms with Crippen LogP contribution in [0, 0.1) is 5.92 Å². The molecule has 1 heterocycles. The third-order valence-electron chi connectivity index (χ3n) is 2.94. The van der Waals surface area contributed by atoms with Gasteiger partial charge in [-0.25, -0.2) is 9.97 Å². The minimum atomic E-state index is 0.401. The third-order valence-corrected chi connectivity index (χ3v) is 2.94. The van der Waals surface area contributed by atoms with Gasteiger partial charge in [-0.05, 0) is 26.9 Å². The molecule has 0 saturated heterocycles. The maximum absolute atomic E-state index is 5.91. The van der Waals surface area contributed by atoms with E-state index >= 15 is 0 Å². The lowest BCUT2D eigenvalue weighted by atomic mass is 10.2. The van der Waals surface area contributed by atoms with Gasteiger partial charge in [-0.1, -0.05) is 13.8 Å². The van der Waals surface area contributed by atoms with E-state index < -0.39 is 0 Å². The molecule has 0 radical (unpaired) electrons. The van der Waals surface area contributed by atoms with Crippen LogP contribution < -0.4 is 10.6 Å². The molecule has 0 saturated carbocycles. The Hall–Kier alpha value is -1.40. The predicted octanol–water partition coefficient (Wildman–Crippen LogP) is 1.62. The van der Waals surface area contributed by atoms with Gasteiger partial charge in [-0.15, -0.1) is 0 Å². The van der Waals surface area contributed by atoms with Crippen molar-refractivity contribution in [3.8, 4) is 0 Å². The number of nitrogens with two attached hydrogens (primary N) is 1. The van der Waals surface area contributed by atoms with Crippen LogP contribution in [0.25, 0.3) is 0 Å². The highest BCUT2D eigenvalue weighted by Crippen LogP contribution is 2.16. The minimum Gasteiger partial charge on any atom is -0.384 e. The number of nitrogens with zero attached hydrogens (tertiary/aromatic N) is 4. The van der Waals surface area contributed by atoms with Gasteiger partial charge >= 0.3 is 0 Å². The highest BCUT2D eigenvalue weighted by Gasteiger charge is 2.13. The molecule has 1 aromatic rings. The summed E-state index contributed by atoms with van der Waals surface area (Å²) in [5.74, 6) is 2.57. The quantitative estimate of drug-likeness (QED) is 0.746. The Kier molecular flexibility index (Phi) is 7.39. The molecular formula is C15H29N5O. The van der Waals surface area contributed by atoms with Crippen LogP contribution in [0.4, 0.5) is 11.6 Å². The lowest BCUT2D eigenvalue weighted by Crippen LogP contribution is -2.35. The average Bonchev–Trinajstić information content (AvgIpc) is 2.40. The fourth-order valence-electron chi connectivity index (χ4n) is 1.98. The molecule has 6 heteroatoms. The molecule has 21 heavy (non-hydrogen) atoms. The topological polar surface area (TPSA) is 67.5 Å². The van der Waals surface area contributed by atoms with Crippen molar-refractivity contribution in [1.82, 2.24) is 14.9 Å². The number of ether oxygens (including phenoxy) is 1. The molecule has 0 unspecified atom stereocenters. The molecule has 2 N–H and O–H groups in total. The largest absolute Gasteiger partial charge is 0.384 e. The van der Waals surface area contributed by atoms with Gasteiger partial charge in [0.15, 0.2) is 5.82 Å². The van der Waals surface area contributed by atoms with Crippen molar-refractivity contribution in [3.63, 3.8) is 0 Å². The zero-order valence-corrected chi connectivity index (χ0v) is 14.0. The molecule has 0 aliphatic carbocycles. The minimum absolute atomic E-state index is 0.401. The van der Waals surface area contributed by atoms with Gasteiger partial charge in [0.05, 0.1) is 0 Å². The number of anilines is 2. The lowest BCUT2D eigenvalue weighted by molar-refractivity contribution is 0.128. The zero-order chi connectivity index (χ0) is 15.8. The summed E-state index contributed by atoms with van der Waals surface area (Å²) in [4.78, 5) is 13.3. The van der Waals surface area contributed by atoms with Gasteiger partial charge in [0.2, 0.25) is 0 Å². The van der Waals surface area contributed by atoms with Crippen molar-refractivity contribution in [3.05, 3.63) is 11.9 Å². The fraction of sp³-hybridized carbons (Fsp3) is 0.733. The maximum Gasteiger partial charge on any atom is 0.158 e. The van der Waals surface area contributed by atoms with Crippen LogP contribution in [-0.2, 0) is 11.3 Å². The Labute approximate surface area is 128 Å². The molecule has 120 valence electrons. The summed E-state index contributed by atoms with van der Waals surface area (Å²) in [5, 5.41) is 0. The van der Waals surface area contributed by atoms with Crippen LogP contribution in [-0.4, -0.2) is 55.2 Å². The molecule has 1 rings (SSSR count). The molecule has 0 aliphatic rings. The van der Waals surface area contributed by atoms with Crippen LogP contribution in [0.2, 0.25) is 0 Å². The van der Waals surface area contributed by atoms with Crippen molar-refractivity contribution in [2.75, 3.05) is 51.0 Å². The SMILES string of the molecule is CCOCc1nc(N)cc(N(CCN(C)C)CC(C)C)n1. The Morgan fingerprint density at radius 2 is 1.95 bits per heavy atom. The summed E-state index contributed by atoms with van der Waals surface area (Å²) in [5.41, 5.74) is 5.91. The van der Waals surface area contributed by atoms with Crippen molar-refractivity contribution in [1.29, 1.82) is 0 Å². The van der Waals surface area contributed by atoms with E-state index in [4.69, 9.17) is 10.5 Å². The molecule has 0 atom stereocenters. The maximum atomic E-state index is 5.91. The monoisotopic (exact) mass is 295 g/mol. The Balaban J connectivity index is 2.90. The van der Waals surface area contributed by atoms with Crippen LogP contribution >= 0.6 is 0 Å². The van der Waals surface area contributed by atoms with Crippen LogP contribution in [0.5, 0.6) is 0 Å². The summed E-state index contributed by atoms with van der Waals surface area (Å²) in [6.45, 7) is 10.2. The van der Waals surface area contributed by atoms with E-state index in [1.807, 2.05) is 13.0 Å². The average molecular weight is 295 g/mol. The van der Waals surface area contributed by atoms with Crippen molar-refractivity contribution < 1.29 is 4.74 Å². The summed E-state index contributed by atoms with van der Waals surface area (Å²) in [6, 6.07) is 1.84. The van der Waals surface area contributed by atoms with E-state index in [1.54, 1.807) is 0 Å². The van der Waals surface area contributed by atoms with E-state index in [0.717, 1.165) is 25.5 Å². The summed E-state index contributed by atoms with van der Waals surface area (Å²) < 4.78 is 5.38. The van der Waals surface area contributed by atoms with E-state index in [9.17, 15) is 0 Å². The standard InChI is InChI=1S/C15H29N5O/c1-6-21-11-14-17-13(16)9-15(18-14)20(10-12(2)3)8-7-19(4)5/h9,12H,6-8,10-11H2,1-5H3,(H2,16,17,18). The second kappa shape index (κ2) is 8.79. The van der Waals surface area contributed by atoms with Gasteiger partial charge in [0.1, 0.15) is 18.2 Å². The molecule has 0 amide bonds. The predicted molar refractivity (Wildman–Crippen MR) is 87.4 cm³/mol. The molecule has 0 aromatic carbocycles. The summed E-state index contributed by atoms with van der Waals surface area (Å²) in [7, 11) is 4.14. The number of aromatic nitrogens is 2. The van der Waals surface area contributed by atoms with Crippen LogP contribution in [0.1, 0.15) is 26.6 Å². The summed E-state index contributed by atoms with van der Waals surface area (Å²) in [6.07, 6.45) is 0. The Morgan fingerprint density at radius 1 is 1.24 bits per heavy atom. The first-order valence-corrected chi connectivity index (χ1v) is 7.53. The first-order chi connectivity index (χ1) is 9.92. The van der Waals surface area contributed by atoms with Crippen molar-refractivity contribution >= 4 is 11.6 Å². The highest BCUT2D eigenvalue weighted by atomic mass is 16.5. The first kappa shape index (κ1) is 17.7. The number of nitrogen functional groups attached to an aromatic ring is 1. The first-order valence-electron chi connectivity index (χ1n) is 7.53. The van der Waals surface area contributed by atoms with Crippen molar-refractivity contribution in [2.45, 2.75) is 27.4 Å².